The zero-order valence-electron chi connectivity index (χ0n) is 11.5. The molecule has 0 aromatic heterocycles. The zero-order valence-corrected chi connectivity index (χ0v) is 13.8. The number of benzene rings is 1. The van der Waals surface area contributed by atoms with E-state index in [0.29, 0.717) is 10.6 Å². The molecule has 21 heavy (non-hydrogen) atoms. The summed E-state index contributed by atoms with van der Waals surface area (Å²) in [7, 11) is 0. The summed E-state index contributed by atoms with van der Waals surface area (Å²) < 4.78 is 0.156. The molecular weight excluding hydrogens is 333 g/mol. The monoisotopic (exact) mass is 345 g/mol. The van der Waals surface area contributed by atoms with Crippen LogP contribution in [0.2, 0.25) is 5.02 Å². The SMILES string of the molecule is CC1(C)C(C=C(Cl)Cl)C1C(=O)O/N=C/c1ccccc1Cl. The van der Waals surface area contributed by atoms with Crippen molar-refractivity contribution in [1.82, 2.24) is 0 Å². The van der Waals surface area contributed by atoms with E-state index in [2.05, 4.69) is 5.16 Å². The van der Waals surface area contributed by atoms with Gasteiger partial charge in [0.25, 0.3) is 0 Å². The van der Waals surface area contributed by atoms with Gasteiger partial charge < -0.3 is 4.84 Å². The molecule has 0 spiro atoms. The van der Waals surface area contributed by atoms with Gasteiger partial charge in [0.05, 0.1) is 12.1 Å². The fourth-order valence-electron chi connectivity index (χ4n) is 2.35. The first kappa shape index (κ1) is 16.3. The average molecular weight is 347 g/mol. The second kappa shape index (κ2) is 6.39. The van der Waals surface area contributed by atoms with Gasteiger partial charge in [0, 0.05) is 10.6 Å². The van der Waals surface area contributed by atoms with E-state index in [-0.39, 0.29) is 21.7 Å². The predicted octanol–water partition coefficient (Wildman–Crippen LogP) is 4.81. The van der Waals surface area contributed by atoms with Gasteiger partial charge in [0.15, 0.2) is 0 Å². The van der Waals surface area contributed by atoms with Gasteiger partial charge in [0.2, 0.25) is 0 Å². The third kappa shape index (κ3) is 3.79. The van der Waals surface area contributed by atoms with E-state index in [1.807, 2.05) is 26.0 Å². The third-order valence-corrected chi connectivity index (χ3v) is 4.31. The smallest absolute Gasteiger partial charge is 0.318 e. The van der Waals surface area contributed by atoms with Crippen LogP contribution in [0.1, 0.15) is 19.4 Å². The lowest BCUT2D eigenvalue weighted by Crippen LogP contribution is -2.07. The van der Waals surface area contributed by atoms with Gasteiger partial charge in [-0.15, -0.1) is 0 Å². The number of allylic oxidation sites excluding steroid dienone is 1. The number of oxime groups is 1. The normalized spacial score (nSPS) is 22.9. The van der Waals surface area contributed by atoms with Crippen LogP contribution in [0.15, 0.2) is 40.0 Å². The van der Waals surface area contributed by atoms with E-state index < -0.39 is 5.97 Å². The van der Waals surface area contributed by atoms with Crippen LogP contribution in [-0.4, -0.2) is 12.2 Å². The number of carbonyl (C=O) groups excluding carboxylic acids is 1. The third-order valence-electron chi connectivity index (χ3n) is 3.71. The van der Waals surface area contributed by atoms with Crippen LogP contribution < -0.4 is 0 Å². The highest BCUT2D eigenvalue weighted by Crippen LogP contribution is 2.60. The lowest BCUT2D eigenvalue weighted by Gasteiger charge is -1.99. The molecule has 0 heterocycles. The van der Waals surface area contributed by atoms with Crippen LogP contribution in [0.3, 0.4) is 0 Å². The van der Waals surface area contributed by atoms with E-state index in [0.717, 1.165) is 0 Å². The van der Waals surface area contributed by atoms with E-state index in [9.17, 15) is 4.79 Å². The Morgan fingerprint density at radius 3 is 2.62 bits per heavy atom. The molecule has 1 aliphatic rings. The lowest BCUT2D eigenvalue weighted by molar-refractivity contribution is -0.146. The van der Waals surface area contributed by atoms with E-state index in [1.54, 1.807) is 18.2 Å². The molecule has 2 rings (SSSR count). The van der Waals surface area contributed by atoms with Crippen LogP contribution in [0.5, 0.6) is 0 Å². The fraction of sp³-hybridized carbons (Fsp3) is 0.333. The number of rotatable bonds is 4. The van der Waals surface area contributed by atoms with Crippen molar-refractivity contribution in [2.24, 2.45) is 22.4 Å². The first-order valence-electron chi connectivity index (χ1n) is 6.35. The van der Waals surface area contributed by atoms with Crippen molar-refractivity contribution in [2.75, 3.05) is 0 Å². The summed E-state index contributed by atoms with van der Waals surface area (Å²) in [5.41, 5.74) is 0.453. The first-order chi connectivity index (χ1) is 9.84. The molecule has 1 saturated carbocycles. The van der Waals surface area contributed by atoms with Crippen molar-refractivity contribution in [3.05, 3.63) is 45.4 Å². The molecule has 0 bridgehead atoms. The van der Waals surface area contributed by atoms with Crippen molar-refractivity contribution >= 4 is 47.0 Å². The lowest BCUT2D eigenvalue weighted by atomic mass is 10.1. The minimum Gasteiger partial charge on any atom is -0.318 e. The topological polar surface area (TPSA) is 38.7 Å². The van der Waals surface area contributed by atoms with E-state index >= 15 is 0 Å². The van der Waals surface area contributed by atoms with Crippen molar-refractivity contribution in [2.45, 2.75) is 13.8 Å². The molecule has 2 atom stereocenters. The van der Waals surface area contributed by atoms with Gasteiger partial charge in [0.1, 0.15) is 4.49 Å². The maximum absolute atomic E-state index is 12.0. The van der Waals surface area contributed by atoms with Crippen molar-refractivity contribution < 1.29 is 9.63 Å². The molecule has 1 aromatic rings. The molecule has 0 N–H and O–H groups in total. The fourth-order valence-corrected chi connectivity index (χ4v) is 2.80. The Morgan fingerprint density at radius 1 is 1.33 bits per heavy atom. The molecule has 0 saturated heterocycles. The summed E-state index contributed by atoms with van der Waals surface area (Å²) in [6.45, 7) is 3.91. The Morgan fingerprint density at radius 2 is 2.00 bits per heavy atom. The van der Waals surface area contributed by atoms with Crippen LogP contribution in [0.4, 0.5) is 0 Å². The van der Waals surface area contributed by atoms with E-state index in [4.69, 9.17) is 39.6 Å². The molecule has 6 heteroatoms. The molecular formula is C15H14Cl3NO2. The van der Waals surface area contributed by atoms with Crippen molar-refractivity contribution in [3.63, 3.8) is 0 Å². The highest BCUT2D eigenvalue weighted by molar-refractivity contribution is 6.55. The highest BCUT2D eigenvalue weighted by atomic mass is 35.5. The number of nitrogens with zero attached hydrogens (tertiary/aromatic N) is 1. The Balaban J connectivity index is 1.97. The van der Waals surface area contributed by atoms with Crippen LogP contribution in [0.25, 0.3) is 0 Å². The summed E-state index contributed by atoms with van der Waals surface area (Å²) in [6.07, 6.45) is 3.07. The second-order valence-corrected chi connectivity index (χ2v) is 6.86. The quantitative estimate of drug-likeness (QED) is 0.446. The van der Waals surface area contributed by atoms with Crippen molar-refractivity contribution in [3.8, 4) is 0 Å². The number of hydrogen-bond donors (Lipinski definition) is 0. The molecule has 1 aliphatic carbocycles. The Kier molecular flexibility index (Phi) is 4.97. The second-order valence-electron chi connectivity index (χ2n) is 5.45. The summed E-state index contributed by atoms with van der Waals surface area (Å²) in [5, 5.41) is 4.24. The maximum Gasteiger partial charge on any atom is 0.339 e. The predicted molar refractivity (Wildman–Crippen MR) is 85.7 cm³/mol. The molecule has 0 radical (unpaired) electrons. The molecule has 112 valence electrons. The average Bonchev–Trinajstić information content (AvgIpc) is 2.92. The van der Waals surface area contributed by atoms with E-state index in [1.165, 1.54) is 6.21 Å². The molecule has 3 nitrogen and oxygen atoms in total. The minimum absolute atomic E-state index is 0.0366. The minimum atomic E-state index is -0.404. The standard InChI is InChI=1S/C15H14Cl3NO2/c1-15(2)10(7-12(17)18)13(15)14(20)21-19-8-9-5-3-4-6-11(9)16/h3-8,10,13H,1-2H3/b19-8+. The summed E-state index contributed by atoms with van der Waals surface area (Å²) in [4.78, 5) is 16.9. The zero-order chi connectivity index (χ0) is 15.6. The highest BCUT2D eigenvalue weighted by Gasteiger charge is 2.62. The number of carbonyl (C=O) groups is 1. The molecule has 1 aromatic carbocycles. The van der Waals surface area contributed by atoms with Gasteiger partial charge in [-0.3, -0.25) is 0 Å². The van der Waals surface area contributed by atoms with Gasteiger partial charge in [-0.1, -0.05) is 72.0 Å². The van der Waals surface area contributed by atoms with Gasteiger partial charge in [-0.2, -0.15) is 0 Å². The van der Waals surface area contributed by atoms with Crippen LogP contribution >= 0.6 is 34.8 Å². The Labute approximate surface area is 138 Å². The largest absolute Gasteiger partial charge is 0.339 e. The molecule has 0 amide bonds. The Bertz CT molecular complexity index is 607. The summed E-state index contributed by atoms with van der Waals surface area (Å²) in [5.74, 6) is -0.738. The number of hydrogen-bond acceptors (Lipinski definition) is 3. The summed E-state index contributed by atoms with van der Waals surface area (Å²) in [6, 6.07) is 7.14. The number of halogens is 3. The van der Waals surface area contributed by atoms with Crippen molar-refractivity contribution in [1.29, 1.82) is 0 Å². The molecule has 2 unspecified atom stereocenters. The van der Waals surface area contributed by atoms with Crippen LogP contribution in [0, 0.1) is 17.3 Å². The molecule has 1 fully saturated rings. The first-order valence-corrected chi connectivity index (χ1v) is 7.49. The molecule has 0 aliphatic heterocycles. The van der Waals surface area contributed by atoms with Crippen LogP contribution in [-0.2, 0) is 9.63 Å². The summed E-state index contributed by atoms with van der Waals surface area (Å²) >= 11 is 17.3. The van der Waals surface area contributed by atoms with Gasteiger partial charge in [-0.05, 0) is 23.5 Å². The Hall–Kier alpha value is -1.03. The maximum atomic E-state index is 12.0. The van der Waals surface area contributed by atoms with Gasteiger partial charge >= 0.3 is 5.97 Å². The van der Waals surface area contributed by atoms with Gasteiger partial charge in [-0.25, -0.2) is 4.79 Å².